The molecule has 0 bridgehead atoms. The van der Waals surface area contributed by atoms with Gasteiger partial charge in [0.1, 0.15) is 6.04 Å². The van der Waals surface area contributed by atoms with E-state index in [1.54, 1.807) is 0 Å². The Morgan fingerprint density at radius 2 is 1.38 bits per heavy atom. The molecule has 0 saturated heterocycles. The van der Waals surface area contributed by atoms with Gasteiger partial charge in [-0.1, -0.05) is 112 Å². The summed E-state index contributed by atoms with van der Waals surface area (Å²) in [5.74, 6) is -1.95. The second kappa shape index (κ2) is 13.6. The number of hydrogen-bond donors (Lipinski definition) is 3. The highest BCUT2D eigenvalue weighted by atomic mass is 28.4. The molecule has 3 aromatic carbocycles. The van der Waals surface area contributed by atoms with Crippen molar-refractivity contribution in [3.8, 4) is 0 Å². The molecule has 1 aliphatic rings. The molecule has 0 fully saturated rings. The standard InChI is InChI=1S/C31H38N6O4Si/c1-30(2,3)42(25-17-9-5-10-18-25,26-19-11-6-12-20-26)41-22-14-13-21-27(32-29(39)40)28(38)33-31(34-36-37-35-31)23-24-15-7-4-8-16-24/h4-12,15-20,27,32H,13-14,21-23H2,1-3H3,(H,33,38)(H,39,40). The molecule has 1 unspecified atom stereocenters. The number of unbranched alkanes of at least 4 members (excludes halogenated alkanes) is 1. The molecule has 1 heterocycles. The van der Waals surface area contributed by atoms with E-state index < -0.39 is 32.1 Å². The third kappa shape index (κ3) is 7.34. The molecule has 4 rings (SSSR count). The van der Waals surface area contributed by atoms with E-state index in [2.05, 4.69) is 76.3 Å². The zero-order valence-corrected chi connectivity index (χ0v) is 25.2. The van der Waals surface area contributed by atoms with Gasteiger partial charge in [-0.2, -0.15) is 0 Å². The highest BCUT2D eigenvalue weighted by molar-refractivity contribution is 6.99. The first-order valence-corrected chi connectivity index (χ1v) is 16.0. The van der Waals surface area contributed by atoms with Gasteiger partial charge in [-0.05, 0) is 50.7 Å². The van der Waals surface area contributed by atoms with Crippen molar-refractivity contribution in [2.75, 3.05) is 6.61 Å². The van der Waals surface area contributed by atoms with Crippen molar-refractivity contribution in [2.24, 2.45) is 20.7 Å². The van der Waals surface area contributed by atoms with Crippen LogP contribution in [0, 0.1) is 0 Å². The third-order valence-corrected chi connectivity index (χ3v) is 12.4. The number of carbonyl (C=O) groups excluding carboxylic acids is 1. The first-order valence-electron chi connectivity index (χ1n) is 14.1. The number of amides is 2. The number of rotatable bonds is 13. The fourth-order valence-corrected chi connectivity index (χ4v) is 10.00. The maximum absolute atomic E-state index is 13.3. The molecule has 220 valence electrons. The van der Waals surface area contributed by atoms with Gasteiger partial charge in [0.15, 0.2) is 0 Å². The first-order chi connectivity index (χ1) is 20.2. The van der Waals surface area contributed by atoms with E-state index in [1.165, 1.54) is 10.4 Å². The molecule has 3 N–H and O–H groups in total. The Morgan fingerprint density at radius 3 is 1.88 bits per heavy atom. The SMILES string of the molecule is CC(C)(C)[Si](OCCCCC(NC(=O)O)C(=O)NC1(Cc2ccccc2)N=NN=N1)(c1ccccc1)c1ccccc1. The maximum atomic E-state index is 13.3. The Hall–Kier alpha value is -4.22. The largest absolute Gasteiger partial charge is 0.465 e. The van der Waals surface area contributed by atoms with Crippen LogP contribution in [0.5, 0.6) is 0 Å². The lowest BCUT2D eigenvalue weighted by Crippen LogP contribution is -2.66. The van der Waals surface area contributed by atoms with Crippen molar-refractivity contribution in [1.29, 1.82) is 0 Å². The summed E-state index contributed by atoms with van der Waals surface area (Å²) in [5.41, 5.74) is 0.876. The van der Waals surface area contributed by atoms with E-state index in [1.807, 2.05) is 66.7 Å². The predicted molar refractivity (Wildman–Crippen MR) is 163 cm³/mol. The van der Waals surface area contributed by atoms with Crippen LogP contribution in [0.25, 0.3) is 0 Å². The molecule has 2 amide bonds. The minimum Gasteiger partial charge on any atom is -0.465 e. The summed E-state index contributed by atoms with van der Waals surface area (Å²) < 4.78 is 6.93. The molecular formula is C31H38N6O4Si. The zero-order valence-electron chi connectivity index (χ0n) is 24.2. The molecule has 1 atom stereocenters. The van der Waals surface area contributed by atoms with Gasteiger partial charge in [0.25, 0.3) is 14.1 Å². The van der Waals surface area contributed by atoms with Gasteiger partial charge in [-0.3, -0.25) is 4.79 Å². The lowest BCUT2D eigenvalue weighted by atomic mass is 10.1. The highest BCUT2D eigenvalue weighted by Crippen LogP contribution is 2.37. The van der Waals surface area contributed by atoms with Crippen molar-refractivity contribution in [1.82, 2.24) is 10.6 Å². The van der Waals surface area contributed by atoms with Gasteiger partial charge in [0.2, 0.25) is 5.91 Å². The van der Waals surface area contributed by atoms with Crippen LogP contribution in [-0.4, -0.2) is 43.9 Å². The van der Waals surface area contributed by atoms with Crippen LogP contribution in [0.2, 0.25) is 5.04 Å². The number of nitrogens with zero attached hydrogens (tertiary/aromatic N) is 4. The van der Waals surface area contributed by atoms with Crippen LogP contribution >= 0.6 is 0 Å². The monoisotopic (exact) mass is 586 g/mol. The molecule has 0 saturated carbocycles. The summed E-state index contributed by atoms with van der Waals surface area (Å²) in [7, 11) is -2.68. The van der Waals surface area contributed by atoms with Crippen LogP contribution in [0.3, 0.4) is 0 Å². The van der Waals surface area contributed by atoms with Gasteiger partial charge in [0, 0.05) is 13.0 Å². The molecule has 0 spiro atoms. The molecule has 0 radical (unpaired) electrons. The lowest BCUT2D eigenvalue weighted by molar-refractivity contribution is -0.125. The maximum Gasteiger partial charge on any atom is 0.405 e. The quantitative estimate of drug-likeness (QED) is 0.187. The van der Waals surface area contributed by atoms with Crippen molar-refractivity contribution in [3.63, 3.8) is 0 Å². The highest BCUT2D eigenvalue weighted by Gasteiger charge is 2.50. The Bertz CT molecular complexity index is 1330. The second-order valence-corrected chi connectivity index (χ2v) is 15.7. The Kier molecular flexibility index (Phi) is 9.97. The first kappa shape index (κ1) is 30.7. The summed E-state index contributed by atoms with van der Waals surface area (Å²) >= 11 is 0. The van der Waals surface area contributed by atoms with Crippen LogP contribution in [0.4, 0.5) is 4.79 Å². The summed E-state index contributed by atoms with van der Waals surface area (Å²) in [4.78, 5) is 24.9. The molecule has 42 heavy (non-hydrogen) atoms. The van der Waals surface area contributed by atoms with Gasteiger partial charge in [0.05, 0.1) is 0 Å². The summed E-state index contributed by atoms with van der Waals surface area (Å²) in [5, 5.41) is 32.1. The lowest BCUT2D eigenvalue weighted by Gasteiger charge is -2.43. The number of hydrogen-bond acceptors (Lipinski definition) is 7. The summed E-state index contributed by atoms with van der Waals surface area (Å²) in [6, 6.07) is 29.2. The zero-order chi connectivity index (χ0) is 30.1. The molecule has 1 aliphatic heterocycles. The van der Waals surface area contributed by atoms with Crippen molar-refractivity contribution < 1.29 is 19.1 Å². The fraction of sp³-hybridized carbons (Fsp3) is 0.355. The van der Waals surface area contributed by atoms with Crippen LogP contribution in [0.1, 0.15) is 45.6 Å². The number of carbonyl (C=O) groups is 2. The van der Waals surface area contributed by atoms with E-state index in [0.717, 1.165) is 5.56 Å². The molecular weight excluding hydrogens is 548 g/mol. The van der Waals surface area contributed by atoms with E-state index in [-0.39, 0.29) is 17.9 Å². The summed E-state index contributed by atoms with van der Waals surface area (Å²) in [6.45, 7) is 7.13. The molecule has 3 aromatic rings. The third-order valence-electron chi connectivity index (χ3n) is 7.31. The van der Waals surface area contributed by atoms with E-state index >= 15 is 0 Å². The van der Waals surface area contributed by atoms with Gasteiger partial charge >= 0.3 is 6.09 Å². The van der Waals surface area contributed by atoms with Gasteiger partial charge < -0.3 is 20.2 Å². The van der Waals surface area contributed by atoms with Crippen molar-refractivity contribution in [3.05, 3.63) is 96.6 Å². The predicted octanol–water partition coefficient (Wildman–Crippen LogP) is 5.22. The minimum absolute atomic E-state index is 0.152. The number of carboxylic acid groups (broad SMARTS) is 1. The topological polar surface area (TPSA) is 137 Å². The summed E-state index contributed by atoms with van der Waals surface area (Å²) in [6.07, 6.45) is 0.428. The number of benzene rings is 3. The minimum atomic E-state index is -2.68. The molecule has 10 nitrogen and oxygen atoms in total. The number of nitrogens with one attached hydrogen (secondary N) is 2. The smallest absolute Gasteiger partial charge is 0.405 e. The molecule has 0 aliphatic carbocycles. The van der Waals surface area contributed by atoms with Gasteiger partial charge in [-0.15, -0.1) is 10.2 Å². The average Bonchev–Trinajstić information content (AvgIpc) is 3.42. The Balaban J connectivity index is 1.43. The second-order valence-electron chi connectivity index (χ2n) is 11.4. The van der Waals surface area contributed by atoms with E-state index in [0.29, 0.717) is 19.4 Å². The van der Waals surface area contributed by atoms with Crippen LogP contribution in [-0.2, 0) is 15.6 Å². The van der Waals surface area contributed by atoms with E-state index in [4.69, 9.17) is 4.43 Å². The van der Waals surface area contributed by atoms with Crippen LogP contribution < -0.4 is 21.0 Å². The normalized spacial score (nSPS) is 14.8. The molecule has 0 aromatic heterocycles. The van der Waals surface area contributed by atoms with Crippen molar-refractivity contribution >= 4 is 30.7 Å². The van der Waals surface area contributed by atoms with Crippen molar-refractivity contribution in [2.45, 2.75) is 63.3 Å². The van der Waals surface area contributed by atoms with Crippen LogP contribution in [0.15, 0.2) is 112 Å². The van der Waals surface area contributed by atoms with E-state index in [9.17, 15) is 14.7 Å². The Labute approximate surface area is 247 Å². The Morgan fingerprint density at radius 1 is 0.857 bits per heavy atom. The molecule has 11 heteroatoms. The van der Waals surface area contributed by atoms with Gasteiger partial charge in [-0.25, -0.2) is 4.79 Å². The fourth-order valence-electron chi connectivity index (χ4n) is 5.39. The average molecular weight is 587 g/mol.